The van der Waals surface area contributed by atoms with Crippen molar-refractivity contribution >= 4 is 5.57 Å². The van der Waals surface area contributed by atoms with E-state index in [1.165, 1.54) is 4.57 Å². The van der Waals surface area contributed by atoms with E-state index in [9.17, 15) is 4.79 Å². The summed E-state index contributed by atoms with van der Waals surface area (Å²) in [5.74, 6) is 0. The van der Waals surface area contributed by atoms with Gasteiger partial charge in [-0.1, -0.05) is 19.2 Å². The zero-order chi connectivity index (χ0) is 14.3. The Balaban J connectivity index is 2.81. The van der Waals surface area contributed by atoms with Gasteiger partial charge in [-0.3, -0.25) is 4.79 Å². The molecule has 0 aromatic carbocycles. The minimum Gasteiger partial charge on any atom is -0.377 e. The van der Waals surface area contributed by atoms with Gasteiger partial charge in [0.2, 0.25) is 0 Å². The van der Waals surface area contributed by atoms with Crippen LogP contribution in [0.5, 0.6) is 0 Å². The summed E-state index contributed by atoms with van der Waals surface area (Å²) in [4.78, 5) is 11.6. The van der Waals surface area contributed by atoms with Crippen LogP contribution in [0.2, 0.25) is 0 Å². The van der Waals surface area contributed by atoms with Crippen LogP contribution in [0.3, 0.4) is 0 Å². The molecular weight excluding hydrogens is 240 g/mol. The first-order valence-electron chi connectivity index (χ1n) is 5.89. The van der Waals surface area contributed by atoms with Crippen LogP contribution in [-0.2, 0) is 7.05 Å². The minimum absolute atomic E-state index is 0.0491. The van der Waals surface area contributed by atoms with Gasteiger partial charge in [0.1, 0.15) is 0 Å². The van der Waals surface area contributed by atoms with E-state index in [1.54, 1.807) is 37.8 Å². The molecule has 0 spiro atoms. The molecule has 0 fully saturated rings. The molecule has 0 unspecified atom stereocenters. The number of allylic oxidation sites excluding steroid dienone is 2. The zero-order valence-electron chi connectivity index (χ0n) is 11.4. The molecule has 19 heavy (non-hydrogen) atoms. The lowest BCUT2D eigenvalue weighted by Crippen LogP contribution is -2.36. The maximum Gasteiger partial charge on any atom is 0.250 e. The van der Waals surface area contributed by atoms with Crippen LogP contribution in [0.4, 0.5) is 0 Å². The number of aryl methyl sites for hydroxylation is 1. The number of aromatic nitrogens is 1. The van der Waals surface area contributed by atoms with Gasteiger partial charge in [-0.15, -0.1) is 0 Å². The summed E-state index contributed by atoms with van der Waals surface area (Å²) in [5, 5.41) is 4.80. The van der Waals surface area contributed by atoms with Crippen LogP contribution in [0.15, 0.2) is 54.8 Å². The van der Waals surface area contributed by atoms with Gasteiger partial charge in [-0.25, -0.2) is 5.01 Å². The van der Waals surface area contributed by atoms with Gasteiger partial charge in [-0.2, -0.15) is 0 Å². The van der Waals surface area contributed by atoms with Crippen LogP contribution >= 0.6 is 0 Å². The lowest BCUT2D eigenvalue weighted by molar-refractivity contribution is 0.267. The largest absolute Gasteiger partial charge is 0.377 e. The Bertz CT molecular complexity index is 530. The maximum atomic E-state index is 11.6. The number of hydrogen-bond acceptors (Lipinski definition) is 4. The van der Waals surface area contributed by atoms with Gasteiger partial charge in [0.25, 0.3) is 5.56 Å². The Labute approximate surface area is 113 Å². The fourth-order valence-electron chi connectivity index (χ4n) is 1.42. The van der Waals surface area contributed by atoms with Gasteiger partial charge < -0.3 is 15.3 Å². The summed E-state index contributed by atoms with van der Waals surface area (Å²) in [6, 6.07) is 3.45. The van der Waals surface area contributed by atoms with E-state index in [-0.39, 0.29) is 5.56 Å². The first-order chi connectivity index (χ1) is 9.08. The van der Waals surface area contributed by atoms with Crippen molar-refractivity contribution in [3.05, 3.63) is 65.9 Å². The Morgan fingerprint density at radius 3 is 2.84 bits per heavy atom. The van der Waals surface area contributed by atoms with Crippen molar-refractivity contribution in [3.8, 4) is 0 Å². The van der Waals surface area contributed by atoms with Gasteiger partial charge in [-0.05, 0) is 23.4 Å². The number of rotatable bonds is 7. The van der Waals surface area contributed by atoms with Crippen molar-refractivity contribution in [2.24, 2.45) is 7.05 Å². The molecule has 0 aliphatic heterocycles. The second-order valence-electron chi connectivity index (χ2n) is 4.06. The lowest BCUT2D eigenvalue weighted by Gasteiger charge is -2.17. The number of nitrogens with zero attached hydrogens (tertiary/aromatic N) is 2. The molecule has 1 aromatic rings. The third-order valence-electron chi connectivity index (χ3n) is 2.57. The molecule has 1 aromatic heterocycles. The van der Waals surface area contributed by atoms with Crippen LogP contribution < -0.4 is 16.3 Å². The van der Waals surface area contributed by atoms with Gasteiger partial charge in [0.15, 0.2) is 0 Å². The van der Waals surface area contributed by atoms with Crippen molar-refractivity contribution in [1.29, 1.82) is 0 Å². The fourth-order valence-corrected chi connectivity index (χ4v) is 1.42. The van der Waals surface area contributed by atoms with Crippen LogP contribution in [-0.4, -0.2) is 23.3 Å². The number of hydrazine groups is 1. The van der Waals surface area contributed by atoms with Crippen molar-refractivity contribution < 1.29 is 0 Å². The number of pyridine rings is 1. The van der Waals surface area contributed by atoms with Crippen LogP contribution in [0, 0.1) is 0 Å². The summed E-state index contributed by atoms with van der Waals surface area (Å²) < 4.78 is 1.53. The molecule has 5 heteroatoms. The summed E-state index contributed by atoms with van der Waals surface area (Å²) in [6.07, 6.45) is 6.86. The molecular formula is C14H20N4O. The van der Waals surface area contributed by atoms with Crippen molar-refractivity contribution in [1.82, 2.24) is 20.3 Å². The average Bonchev–Trinajstić information content (AvgIpc) is 2.41. The quantitative estimate of drug-likeness (QED) is 0.437. The summed E-state index contributed by atoms with van der Waals surface area (Å²) >= 11 is 0. The Hall–Kier alpha value is -2.27. The normalized spacial score (nSPS) is 11.2. The highest BCUT2D eigenvalue weighted by molar-refractivity contribution is 5.72. The molecule has 0 aliphatic carbocycles. The van der Waals surface area contributed by atoms with Crippen molar-refractivity contribution in [3.63, 3.8) is 0 Å². The first-order valence-corrected chi connectivity index (χ1v) is 5.89. The molecule has 102 valence electrons. The molecule has 2 N–H and O–H groups in total. The van der Waals surface area contributed by atoms with E-state index in [0.29, 0.717) is 6.67 Å². The molecule has 0 amide bonds. The Morgan fingerprint density at radius 2 is 2.26 bits per heavy atom. The standard InChI is InChI=1S/C14H20N4O/c1-5-12(10-16-18(4)11-15-6-2)13-7-8-17(3)14(19)9-13/h5-10,15-16H,1-2,11H2,3-4H3/b12-10+. The molecule has 0 radical (unpaired) electrons. The Morgan fingerprint density at radius 1 is 1.53 bits per heavy atom. The predicted octanol–water partition coefficient (Wildman–Crippen LogP) is 1.04. The van der Waals surface area contributed by atoms with E-state index in [1.807, 2.05) is 18.1 Å². The zero-order valence-corrected chi connectivity index (χ0v) is 11.4. The van der Waals surface area contributed by atoms with E-state index in [0.717, 1.165) is 11.1 Å². The summed E-state index contributed by atoms with van der Waals surface area (Å²) in [7, 11) is 3.61. The highest BCUT2D eigenvalue weighted by atomic mass is 16.1. The maximum absolute atomic E-state index is 11.6. The van der Waals surface area contributed by atoms with Gasteiger partial charge in [0, 0.05) is 32.6 Å². The smallest absolute Gasteiger partial charge is 0.250 e. The summed E-state index contributed by atoms with van der Waals surface area (Å²) in [6.45, 7) is 7.95. The molecule has 5 nitrogen and oxygen atoms in total. The van der Waals surface area contributed by atoms with Gasteiger partial charge in [0.05, 0.1) is 6.67 Å². The van der Waals surface area contributed by atoms with Crippen LogP contribution in [0.25, 0.3) is 5.57 Å². The van der Waals surface area contributed by atoms with E-state index >= 15 is 0 Å². The SMILES string of the molecule is C=CNCN(C)N/C=C(\C=C)c1ccn(C)c(=O)c1. The minimum atomic E-state index is -0.0491. The Kier molecular flexibility index (Phi) is 5.63. The predicted molar refractivity (Wildman–Crippen MR) is 79.0 cm³/mol. The molecule has 1 rings (SSSR count). The second-order valence-corrected chi connectivity index (χ2v) is 4.06. The molecule has 0 bridgehead atoms. The molecule has 0 saturated heterocycles. The third-order valence-corrected chi connectivity index (χ3v) is 2.57. The fraction of sp³-hybridized carbons (Fsp3) is 0.214. The molecule has 1 heterocycles. The highest BCUT2D eigenvalue weighted by Crippen LogP contribution is 2.11. The van der Waals surface area contributed by atoms with E-state index in [2.05, 4.69) is 23.9 Å². The van der Waals surface area contributed by atoms with Crippen LogP contribution in [0.1, 0.15) is 5.56 Å². The average molecular weight is 260 g/mol. The van der Waals surface area contributed by atoms with E-state index in [4.69, 9.17) is 0 Å². The lowest BCUT2D eigenvalue weighted by atomic mass is 10.1. The van der Waals surface area contributed by atoms with Crippen molar-refractivity contribution in [2.75, 3.05) is 13.7 Å². The highest BCUT2D eigenvalue weighted by Gasteiger charge is 2.00. The third kappa shape index (κ3) is 4.48. The topological polar surface area (TPSA) is 49.3 Å². The molecule has 0 atom stereocenters. The summed E-state index contributed by atoms with van der Waals surface area (Å²) in [5.41, 5.74) is 4.71. The number of hydrogen-bond donors (Lipinski definition) is 2. The van der Waals surface area contributed by atoms with E-state index < -0.39 is 0 Å². The molecule has 0 saturated carbocycles. The monoisotopic (exact) mass is 260 g/mol. The first kappa shape index (κ1) is 14.8. The van der Waals surface area contributed by atoms with Gasteiger partial charge >= 0.3 is 0 Å². The van der Waals surface area contributed by atoms with Crippen molar-refractivity contribution in [2.45, 2.75) is 0 Å². The molecule has 0 aliphatic rings. The number of nitrogens with one attached hydrogen (secondary N) is 2. The second kappa shape index (κ2) is 7.23.